The number of urea groups is 1. The number of fused-ring (bicyclic) bond motifs is 2. The number of anilines is 2. The summed E-state index contributed by atoms with van der Waals surface area (Å²) in [6, 6.07) is 19.6. The highest BCUT2D eigenvalue weighted by Gasteiger charge is 2.24. The summed E-state index contributed by atoms with van der Waals surface area (Å²) in [5.74, 6) is -0.0557. The van der Waals surface area contributed by atoms with E-state index in [1.165, 1.54) is 16.7 Å². The fourth-order valence-electron chi connectivity index (χ4n) is 3.97. The minimum absolute atomic E-state index is 0.0557. The Kier molecular flexibility index (Phi) is 6.51. The van der Waals surface area contributed by atoms with E-state index in [2.05, 4.69) is 42.7 Å². The van der Waals surface area contributed by atoms with E-state index in [1.807, 2.05) is 42.5 Å². The molecule has 32 heavy (non-hydrogen) atoms. The van der Waals surface area contributed by atoms with Crippen LogP contribution in [0.5, 0.6) is 0 Å². The molecule has 6 heteroatoms. The van der Waals surface area contributed by atoms with Crippen molar-refractivity contribution in [1.82, 2.24) is 5.32 Å². The second-order valence-corrected chi connectivity index (χ2v) is 9.21. The fraction of sp³-hybridized carbons (Fsp3) is 0.231. The van der Waals surface area contributed by atoms with Crippen molar-refractivity contribution in [1.29, 1.82) is 0 Å². The first kappa shape index (κ1) is 22.0. The van der Waals surface area contributed by atoms with Crippen molar-refractivity contribution in [2.45, 2.75) is 36.5 Å². The molecule has 2 N–H and O–H groups in total. The Morgan fingerprint density at radius 1 is 0.969 bits per heavy atom. The highest BCUT2D eigenvalue weighted by atomic mass is 32.2. The van der Waals surface area contributed by atoms with E-state index in [4.69, 9.17) is 0 Å². The van der Waals surface area contributed by atoms with E-state index in [-0.39, 0.29) is 11.9 Å². The molecule has 0 saturated carbocycles. The molecule has 0 aromatic heterocycles. The first-order valence-electron chi connectivity index (χ1n) is 10.7. The Bertz CT molecular complexity index is 1160. The zero-order valence-electron chi connectivity index (χ0n) is 18.6. The third kappa shape index (κ3) is 4.97. The first-order valence-corrected chi connectivity index (χ1v) is 11.5. The first-order chi connectivity index (χ1) is 15.4. The summed E-state index contributed by atoms with van der Waals surface area (Å²) in [7, 11) is 1.76. The molecule has 1 aliphatic heterocycles. The third-order valence-electron chi connectivity index (χ3n) is 5.43. The van der Waals surface area contributed by atoms with Gasteiger partial charge in [-0.2, -0.15) is 0 Å². The standard InChI is InChI=1S/C26H27N3O2S/c1-17-13-18(2)15-19(14-17)7-6-12-27-26(31)28-20-10-11-24-22(16-20)29(3)25(30)21-8-4-5-9-23(21)32-24/h4-5,8-11,13-16H,6-7,12H2,1-3H3,(H2,27,28,31). The van der Waals surface area contributed by atoms with E-state index >= 15 is 0 Å². The summed E-state index contributed by atoms with van der Waals surface area (Å²) >= 11 is 1.56. The van der Waals surface area contributed by atoms with Gasteiger partial charge in [-0.1, -0.05) is 53.2 Å². The van der Waals surface area contributed by atoms with Gasteiger partial charge >= 0.3 is 6.03 Å². The molecule has 0 spiro atoms. The van der Waals surface area contributed by atoms with Gasteiger partial charge in [0.2, 0.25) is 0 Å². The van der Waals surface area contributed by atoms with Gasteiger partial charge in [-0.05, 0) is 62.6 Å². The fourth-order valence-corrected chi connectivity index (χ4v) is 5.05. The number of nitrogens with zero attached hydrogens (tertiary/aromatic N) is 1. The number of benzene rings is 3. The Labute approximate surface area is 193 Å². The summed E-state index contributed by atoms with van der Waals surface area (Å²) < 4.78 is 0. The summed E-state index contributed by atoms with van der Waals surface area (Å²) in [5, 5.41) is 5.81. The molecule has 5 nitrogen and oxygen atoms in total. The zero-order chi connectivity index (χ0) is 22.7. The van der Waals surface area contributed by atoms with Crippen LogP contribution in [0.25, 0.3) is 0 Å². The topological polar surface area (TPSA) is 61.4 Å². The van der Waals surface area contributed by atoms with Gasteiger partial charge < -0.3 is 15.5 Å². The van der Waals surface area contributed by atoms with E-state index in [9.17, 15) is 9.59 Å². The molecule has 0 atom stereocenters. The molecule has 3 aromatic rings. The number of amides is 3. The van der Waals surface area contributed by atoms with Crippen molar-refractivity contribution in [3.05, 3.63) is 82.9 Å². The average Bonchev–Trinajstić information content (AvgIpc) is 2.86. The van der Waals surface area contributed by atoms with Gasteiger partial charge in [-0.25, -0.2) is 4.79 Å². The quantitative estimate of drug-likeness (QED) is 0.488. The van der Waals surface area contributed by atoms with Crippen LogP contribution < -0.4 is 15.5 Å². The normalized spacial score (nSPS) is 12.6. The Hall–Kier alpha value is -3.25. The van der Waals surface area contributed by atoms with Crippen molar-refractivity contribution in [3.8, 4) is 0 Å². The number of rotatable bonds is 5. The minimum Gasteiger partial charge on any atom is -0.338 e. The largest absolute Gasteiger partial charge is 0.338 e. The van der Waals surface area contributed by atoms with Crippen molar-refractivity contribution in [2.75, 3.05) is 23.8 Å². The summed E-state index contributed by atoms with van der Waals surface area (Å²) in [4.78, 5) is 28.8. The number of carbonyl (C=O) groups excluding carboxylic acids is 2. The second kappa shape index (κ2) is 9.49. The molecule has 3 amide bonds. The van der Waals surface area contributed by atoms with Crippen LogP contribution in [0.15, 0.2) is 70.5 Å². The molecule has 0 fully saturated rings. The van der Waals surface area contributed by atoms with E-state index in [1.54, 1.807) is 23.7 Å². The van der Waals surface area contributed by atoms with E-state index in [0.717, 1.165) is 28.3 Å². The lowest BCUT2D eigenvalue weighted by molar-refractivity contribution is 0.0990. The van der Waals surface area contributed by atoms with Gasteiger partial charge in [0.1, 0.15) is 0 Å². The molecule has 0 bridgehead atoms. The lowest BCUT2D eigenvalue weighted by Gasteiger charge is -2.18. The summed E-state index contributed by atoms with van der Waals surface area (Å²) in [6.45, 7) is 4.79. The van der Waals surface area contributed by atoms with Gasteiger partial charge in [-0.15, -0.1) is 0 Å². The number of hydrogen-bond acceptors (Lipinski definition) is 3. The second-order valence-electron chi connectivity index (χ2n) is 8.13. The number of carbonyl (C=O) groups is 2. The van der Waals surface area contributed by atoms with Crippen LogP contribution in [0.4, 0.5) is 16.2 Å². The van der Waals surface area contributed by atoms with Gasteiger partial charge in [0.25, 0.3) is 5.91 Å². The molecule has 0 aliphatic carbocycles. The zero-order valence-corrected chi connectivity index (χ0v) is 19.4. The summed E-state index contributed by atoms with van der Waals surface area (Å²) in [5.41, 5.74) is 5.94. The van der Waals surface area contributed by atoms with Crippen LogP contribution in [-0.4, -0.2) is 25.5 Å². The maximum Gasteiger partial charge on any atom is 0.319 e. The van der Waals surface area contributed by atoms with Crippen LogP contribution in [0.1, 0.15) is 33.5 Å². The molecule has 3 aromatic carbocycles. The van der Waals surface area contributed by atoms with E-state index < -0.39 is 0 Å². The molecule has 1 heterocycles. The molecule has 0 radical (unpaired) electrons. The Balaban J connectivity index is 1.36. The smallest absolute Gasteiger partial charge is 0.319 e. The maximum atomic E-state index is 12.9. The monoisotopic (exact) mass is 445 g/mol. The minimum atomic E-state index is -0.246. The Morgan fingerprint density at radius 2 is 1.72 bits per heavy atom. The SMILES string of the molecule is Cc1cc(C)cc(CCCNC(=O)Nc2ccc3c(c2)N(C)C(=O)c2ccccc2S3)c1. The van der Waals surface area contributed by atoms with Crippen LogP contribution >= 0.6 is 11.8 Å². The van der Waals surface area contributed by atoms with Crippen LogP contribution in [0.2, 0.25) is 0 Å². The van der Waals surface area contributed by atoms with Gasteiger partial charge in [-0.3, -0.25) is 4.79 Å². The Morgan fingerprint density at radius 3 is 2.50 bits per heavy atom. The van der Waals surface area contributed by atoms with Gasteiger partial charge in [0.15, 0.2) is 0 Å². The number of hydrogen-bond donors (Lipinski definition) is 2. The van der Waals surface area contributed by atoms with Crippen molar-refractivity contribution < 1.29 is 9.59 Å². The molecule has 0 unspecified atom stereocenters. The molecule has 0 saturated heterocycles. The average molecular weight is 446 g/mol. The van der Waals surface area contributed by atoms with Crippen LogP contribution in [-0.2, 0) is 6.42 Å². The molecule has 1 aliphatic rings. The lowest BCUT2D eigenvalue weighted by Crippen LogP contribution is -2.30. The molecule has 4 rings (SSSR count). The maximum absolute atomic E-state index is 12.9. The lowest BCUT2D eigenvalue weighted by atomic mass is 10.0. The summed E-state index contributed by atoms with van der Waals surface area (Å²) in [6.07, 6.45) is 1.79. The van der Waals surface area contributed by atoms with Crippen molar-refractivity contribution in [2.24, 2.45) is 0 Å². The highest BCUT2D eigenvalue weighted by Crippen LogP contribution is 2.41. The van der Waals surface area contributed by atoms with Crippen molar-refractivity contribution in [3.63, 3.8) is 0 Å². The van der Waals surface area contributed by atoms with Crippen molar-refractivity contribution >= 4 is 35.1 Å². The molecular formula is C26H27N3O2S. The van der Waals surface area contributed by atoms with E-state index in [0.29, 0.717) is 17.8 Å². The number of aryl methyl sites for hydroxylation is 3. The van der Waals surface area contributed by atoms with Crippen LogP contribution in [0, 0.1) is 13.8 Å². The third-order valence-corrected chi connectivity index (χ3v) is 6.57. The number of nitrogens with one attached hydrogen (secondary N) is 2. The highest BCUT2D eigenvalue weighted by molar-refractivity contribution is 7.99. The van der Waals surface area contributed by atoms with Gasteiger partial charge in [0.05, 0.1) is 11.3 Å². The molecule has 164 valence electrons. The predicted molar refractivity (Wildman–Crippen MR) is 131 cm³/mol. The predicted octanol–water partition coefficient (Wildman–Crippen LogP) is 5.80. The van der Waals surface area contributed by atoms with Crippen LogP contribution in [0.3, 0.4) is 0 Å². The van der Waals surface area contributed by atoms with Gasteiger partial charge in [0, 0.05) is 29.1 Å². The molecular weight excluding hydrogens is 418 g/mol.